The van der Waals surface area contributed by atoms with Crippen molar-refractivity contribution in [1.29, 1.82) is 0 Å². The van der Waals surface area contributed by atoms with Gasteiger partial charge in [0.05, 0.1) is 12.0 Å². The SMILES string of the molecule is CC(C)Oc1ccc(N2CC(C(=O)O)CC2=O)cc1. The Morgan fingerprint density at radius 2 is 2.00 bits per heavy atom. The highest BCUT2D eigenvalue weighted by atomic mass is 16.5. The van der Waals surface area contributed by atoms with E-state index >= 15 is 0 Å². The average molecular weight is 263 g/mol. The third-order valence-electron chi connectivity index (χ3n) is 2.99. The van der Waals surface area contributed by atoms with E-state index in [0.29, 0.717) is 5.69 Å². The van der Waals surface area contributed by atoms with Gasteiger partial charge in [0.2, 0.25) is 5.91 Å². The number of hydrogen-bond donors (Lipinski definition) is 1. The largest absolute Gasteiger partial charge is 0.491 e. The molecule has 5 nitrogen and oxygen atoms in total. The van der Waals surface area contributed by atoms with Crippen molar-refractivity contribution < 1.29 is 19.4 Å². The molecule has 0 spiro atoms. The van der Waals surface area contributed by atoms with Crippen LogP contribution in [-0.4, -0.2) is 29.6 Å². The second-order valence-electron chi connectivity index (χ2n) is 4.90. The highest BCUT2D eigenvalue weighted by molar-refractivity contribution is 5.99. The van der Waals surface area contributed by atoms with E-state index in [4.69, 9.17) is 9.84 Å². The molecule has 0 aromatic heterocycles. The summed E-state index contributed by atoms with van der Waals surface area (Å²) in [6.07, 6.45) is 0.162. The van der Waals surface area contributed by atoms with Crippen molar-refractivity contribution in [2.75, 3.05) is 11.4 Å². The predicted octanol–water partition coefficient (Wildman–Crippen LogP) is 1.91. The fourth-order valence-electron chi connectivity index (χ4n) is 2.10. The van der Waals surface area contributed by atoms with Gasteiger partial charge in [-0.1, -0.05) is 0 Å². The van der Waals surface area contributed by atoms with E-state index in [1.807, 2.05) is 13.8 Å². The zero-order chi connectivity index (χ0) is 14.0. The van der Waals surface area contributed by atoms with Crippen molar-refractivity contribution in [2.45, 2.75) is 26.4 Å². The third-order valence-corrected chi connectivity index (χ3v) is 2.99. The molecule has 0 radical (unpaired) electrons. The Kier molecular flexibility index (Phi) is 3.74. The normalized spacial score (nSPS) is 19.0. The fraction of sp³-hybridized carbons (Fsp3) is 0.429. The molecule has 1 heterocycles. The minimum Gasteiger partial charge on any atom is -0.491 e. The Balaban J connectivity index is 2.10. The Morgan fingerprint density at radius 3 is 2.47 bits per heavy atom. The van der Waals surface area contributed by atoms with Gasteiger partial charge in [-0.15, -0.1) is 0 Å². The van der Waals surface area contributed by atoms with Gasteiger partial charge in [-0.3, -0.25) is 9.59 Å². The summed E-state index contributed by atoms with van der Waals surface area (Å²) in [5, 5.41) is 8.94. The van der Waals surface area contributed by atoms with Gasteiger partial charge in [0.25, 0.3) is 0 Å². The van der Waals surface area contributed by atoms with E-state index in [9.17, 15) is 9.59 Å². The molecular weight excluding hydrogens is 246 g/mol. The van der Waals surface area contributed by atoms with Gasteiger partial charge in [-0.05, 0) is 38.1 Å². The number of ether oxygens (including phenoxy) is 1. The molecule has 1 amide bonds. The molecule has 2 rings (SSSR count). The van der Waals surface area contributed by atoms with Gasteiger partial charge in [0.15, 0.2) is 0 Å². The van der Waals surface area contributed by atoms with E-state index in [1.165, 1.54) is 4.90 Å². The molecule has 1 aromatic rings. The summed E-state index contributed by atoms with van der Waals surface area (Å²) < 4.78 is 5.52. The average Bonchev–Trinajstić information content (AvgIpc) is 2.72. The van der Waals surface area contributed by atoms with Gasteiger partial charge in [0.1, 0.15) is 5.75 Å². The summed E-state index contributed by atoms with van der Waals surface area (Å²) in [6.45, 7) is 4.11. The van der Waals surface area contributed by atoms with Crippen LogP contribution in [0.4, 0.5) is 5.69 Å². The number of anilines is 1. The molecule has 1 saturated heterocycles. The molecule has 1 unspecified atom stereocenters. The lowest BCUT2D eigenvalue weighted by molar-refractivity contribution is -0.141. The summed E-state index contributed by atoms with van der Waals surface area (Å²) in [5.74, 6) is -0.945. The van der Waals surface area contributed by atoms with Gasteiger partial charge in [-0.2, -0.15) is 0 Å². The van der Waals surface area contributed by atoms with Crippen molar-refractivity contribution >= 4 is 17.6 Å². The molecule has 0 bridgehead atoms. The maximum absolute atomic E-state index is 11.8. The Labute approximate surface area is 111 Å². The molecule has 1 aliphatic rings. The van der Waals surface area contributed by atoms with Gasteiger partial charge < -0.3 is 14.7 Å². The smallest absolute Gasteiger partial charge is 0.308 e. The summed E-state index contributed by atoms with van der Waals surface area (Å²) >= 11 is 0. The molecule has 1 aromatic carbocycles. The molecule has 1 aliphatic heterocycles. The van der Waals surface area contributed by atoms with Crippen LogP contribution in [0.3, 0.4) is 0 Å². The predicted molar refractivity (Wildman–Crippen MR) is 70.3 cm³/mol. The van der Waals surface area contributed by atoms with E-state index < -0.39 is 11.9 Å². The number of hydrogen-bond acceptors (Lipinski definition) is 3. The van der Waals surface area contributed by atoms with Crippen molar-refractivity contribution in [2.24, 2.45) is 5.92 Å². The topological polar surface area (TPSA) is 66.8 Å². The Bertz CT molecular complexity index is 481. The van der Waals surface area contributed by atoms with Crippen LogP contribution in [0.25, 0.3) is 0 Å². The van der Waals surface area contributed by atoms with Crippen LogP contribution in [0.2, 0.25) is 0 Å². The van der Waals surface area contributed by atoms with Crippen molar-refractivity contribution in [3.8, 4) is 5.75 Å². The summed E-state index contributed by atoms with van der Waals surface area (Å²) in [4.78, 5) is 24.2. The van der Waals surface area contributed by atoms with Crippen molar-refractivity contribution in [3.05, 3.63) is 24.3 Å². The van der Waals surface area contributed by atoms with Crippen LogP contribution in [0.5, 0.6) is 5.75 Å². The molecule has 5 heteroatoms. The van der Waals surface area contributed by atoms with Crippen molar-refractivity contribution in [3.63, 3.8) is 0 Å². The maximum Gasteiger partial charge on any atom is 0.308 e. The quantitative estimate of drug-likeness (QED) is 0.901. The molecule has 0 saturated carbocycles. The first-order valence-electron chi connectivity index (χ1n) is 6.27. The zero-order valence-electron chi connectivity index (χ0n) is 11.0. The zero-order valence-corrected chi connectivity index (χ0v) is 11.0. The number of carboxylic acids is 1. The lowest BCUT2D eigenvalue weighted by atomic mass is 10.1. The summed E-state index contributed by atoms with van der Waals surface area (Å²) in [5.41, 5.74) is 0.713. The second kappa shape index (κ2) is 5.30. The number of carbonyl (C=O) groups excluding carboxylic acids is 1. The molecule has 19 heavy (non-hydrogen) atoms. The molecule has 1 N–H and O–H groups in total. The highest BCUT2D eigenvalue weighted by Gasteiger charge is 2.34. The number of benzene rings is 1. The number of nitrogens with zero attached hydrogens (tertiary/aromatic N) is 1. The fourth-order valence-corrected chi connectivity index (χ4v) is 2.10. The minimum absolute atomic E-state index is 0.0690. The van der Waals surface area contributed by atoms with Crippen LogP contribution in [0.15, 0.2) is 24.3 Å². The molecule has 102 valence electrons. The minimum atomic E-state index is -0.921. The monoisotopic (exact) mass is 263 g/mol. The Morgan fingerprint density at radius 1 is 1.37 bits per heavy atom. The van der Waals surface area contributed by atoms with Crippen LogP contribution >= 0.6 is 0 Å². The number of amides is 1. The first kappa shape index (κ1) is 13.4. The van der Waals surface area contributed by atoms with Crippen LogP contribution < -0.4 is 9.64 Å². The van der Waals surface area contributed by atoms with Crippen LogP contribution in [-0.2, 0) is 9.59 Å². The number of aliphatic carboxylic acids is 1. The lowest BCUT2D eigenvalue weighted by Gasteiger charge is -2.17. The first-order valence-corrected chi connectivity index (χ1v) is 6.27. The van der Waals surface area contributed by atoms with Crippen LogP contribution in [0, 0.1) is 5.92 Å². The number of carboxylic acid groups (broad SMARTS) is 1. The summed E-state index contributed by atoms with van der Waals surface area (Å²) in [6, 6.07) is 7.13. The number of rotatable bonds is 4. The van der Waals surface area contributed by atoms with Crippen molar-refractivity contribution in [1.82, 2.24) is 0 Å². The van der Waals surface area contributed by atoms with Gasteiger partial charge >= 0.3 is 5.97 Å². The molecule has 0 aliphatic carbocycles. The number of carbonyl (C=O) groups is 2. The molecule has 1 fully saturated rings. The first-order chi connectivity index (χ1) is 8.97. The molecule has 1 atom stereocenters. The summed E-state index contributed by atoms with van der Waals surface area (Å²) in [7, 11) is 0. The van der Waals surface area contributed by atoms with Crippen LogP contribution in [0.1, 0.15) is 20.3 Å². The van der Waals surface area contributed by atoms with Gasteiger partial charge in [0, 0.05) is 18.7 Å². The third kappa shape index (κ3) is 3.05. The maximum atomic E-state index is 11.8. The second-order valence-corrected chi connectivity index (χ2v) is 4.90. The standard InChI is InChI=1S/C14H17NO4/c1-9(2)19-12-5-3-11(4-6-12)15-8-10(14(17)18)7-13(15)16/h3-6,9-10H,7-8H2,1-2H3,(H,17,18). The molecular formula is C14H17NO4. The van der Waals surface area contributed by atoms with E-state index in [2.05, 4.69) is 0 Å². The lowest BCUT2D eigenvalue weighted by Crippen LogP contribution is -2.25. The highest BCUT2D eigenvalue weighted by Crippen LogP contribution is 2.27. The Hall–Kier alpha value is -2.04. The van der Waals surface area contributed by atoms with Gasteiger partial charge in [-0.25, -0.2) is 0 Å². The van der Waals surface area contributed by atoms with E-state index in [-0.39, 0.29) is 25.0 Å². The van der Waals surface area contributed by atoms with E-state index in [1.54, 1.807) is 24.3 Å². The van der Waals surface area contributed by atoms with E-state index in [0.717, 1.165) is 5.75 Å².